The number of carbonyl (C=O) groups excluding carboxylic acids is 1. The van der Waals surface area contributed by atoms with E-state index in [1.165, 1.54) is 28.8 Å². The summed E-state index contributed by atoms with van der Waals surface area (Å²) in [5.74, 6) is -0.709. The molecule has 1 amide bonds. The molecule has 2 aromatic rings. The Kier molecular flexibility index (Phi) is 8.07. The van der Waals surface area contributed by atoms with Crippen LogP contribution in [0, 0.1) is 11.3 Å². The molecule has 0 spiro atoms. The maximum absolute atomic E-state index is 13.1. The molecule has 0 bridgehead atoms. The van der Waals surface area contributed by atoms with Crippen LogP contribution < -0.4 is 16.0 Å². The fourth-order valence-electron chi connectivity index (χ4n) is 2.64. The number of hydrogen-bond donors (Lipinski definition) is 2. The Labute approximate surface area is 182 Å². The van der Waals surface area contributed by atoms with Gasteiger partial charge < -0.3 is 20.9 Å². The van der Waals surface area contributed by atoms with Gasteiger partial charge in [0.05, 0.1) is 12.1 Å². The highest BCUT2D eigenvalue weighted by Crippen LogP contribution is 2.31. The lowest BCUT2D eigenvalue weighted by Gasteiger charge is -2.26. The second-order valence-corrected chi connectivity index (χ2v) is 7.54. The maximum Gasteiger partial charge on any atom is 0.416 e. The zero-order valence-corrected chi connectivity index (χ0v) is 18.0. The van der Waals surface area contributed by atoms with Gasteiger partial charge in [0.1, 0.15) is 16.7 Å². The number of nitriles is 1. The van der Waals surface area contributed by atoms with Crippen LogP contribution in [-0.2, 0) is 11.0 Å². The van der Waals surface area contributed by atoms with E-state index in [-0.39, 0.29) is 29.6 Å². The largest absolute Gasteiger partial charge is 0.416 e. The second-order valence-electron chi connectivity index (χ2n) is 6.75. The third-order valence-electron chi connectivity index (χ3n) is 4.15. The minimum absolute atomic E-state index is 0.0408. The molecule has 31 heavy (non-hydrogen) atoms. The van der Waals surface area contributed by atoms with Gasteiger partial charge in [0.15, 0.2) is 5.82 Å². The van der Waals surface area contributed by atoms with Crippen LogP contribution in [0.1, 0.15) is 11.1 Å². The summed E-state index contributed by atoms with van der Waals surface area (Å²) in [6, 6.07) is 6.71. The topological polar surface area (TPSA) is 111 Å². The molecule has 0 saturated carbocycles. The molecule has 0 aliphatic carbocycles. The lowest BCUT2D eigenvalue weighted by molar-refractivity contribution is -0.137. The Morgan fingerprint density at radius 1 is 1.29 bits per heavy atom. The Bertz CT molecular complexity index is 976. The van der Waals surface area contributed by atoms with Crippen molar-refractivity contribution in [2.75, 3.05) is 55.9 Å². The molecule has 3 N–H and O–H groups in total. The molecule has 12 heteroatoms. The molecule has 1 heterocycles. The molecule has 0 aliphatic rings. The number of likely N-dealkylation sites (N-methyl/N-ethyl adjacent to an activating group) is 1. The summed E-state index contributed by atoms with van der Waals surface area (Å²) in [6.07, 6.45) is -2.80. The Balaban J connectivity index is 2.29. The second kappa shape index (κ2) is 10.3. The molecule has 0 saturated heterocycles. The van der Waals surface area contributed by atoms with Gasteiger partial charge >= 0.3 is 6.18 Å². The summed E-state index contributed by atoms with van der Waals surface area (Å²) in [5.41, 5.74) is 5.15. The highest BCUT2D eigenvalue weighted by atomic mass is 32.2. The highest BCUT2D eigenvalue weighted by molar-refractivity contribution is 7.98. The van der Waals surface area contributed by atoms with E-state index < -0.39 is 17.6 Å². The van der Waals surface area contributed by atoms with Crippen LogP contribution in [0.2, 0.25) is 0 Å². The lowest BCUT2D eigenvalue weighted by Crippen LogP contribution is -2.38. The number of carbonyl (C=O) groups is 1. The van der Waals surface area contributed by atoms with Crippen molar-refractivity contribution in [3.05, 3.63) is 35.4 Å². The standard InChI is InChI=1S/C19H22F3N7OS/c1-28(2)7-8-29(13-6-4-5-12(9-13)19(20,21)22)11-15(30)25-16-14(10-23)17(31-3)27-18(24)26-16/h4-6,9H,7-8,11H2,1-3H3,(H3,24,25,26,27,30). The zero-order valence-electron chi connectivity index (χ0n) is 17.2. The molecule has 0 aliphatic heterocycles. The van der Waals surface area contributed by atoms with Gasteiger partial charge in [-0.25, -0.2) is 4.98 Å². The Morgan fingerprint density at radius 2 is 2.00 bits per heavy atom. The fraction of sp³-hybridized carbons (Fsp3) is 0.368. The average Bonchev–Trinajstić information content (AvgIpc) is 2.69. The predicted octanol–water partition coefficient (Wildman–Crippen LogP) is 2.68. The third-order valence-corrected chi connectivity index (χ3v) is 4.83. The van der Waals surface area contributed by atoms with Gasteiger partial charge in [-0.05, 0) is 38.6 Å². The van der Waals surface area contributed by atoms with E-state index in [0.717, 1.165) is 12.1 Å². The van der Waals surface area contributed by atoms with Gasteiger partial charge in [-0.15, -0.1) is 11.8 Å². The normalized spacial score (nSPS) is 11.3. The van der Waals surface area contributed by atoms with Crippen LogP contribution in [0.15, 0.2) is 29.3 Å². The number of nitrogen functional groups attached to an aromatic ring is 1. The SMILES string of the molecule is CSc1nc(N)nc(NC(=O)CN(CCN(C)C)c2cccc(C(F)(F)F)c2)c1C#N. The van der Waals surface area contributed by atoms with Crippen LogP contribution in [0.3, 0.4) is 0 Å². The molecule has 0 fully saturated rings. The summed E-state index contributed by atoms with van der Waals surface area (Å²) in [5, 5.41) is 12.2. The van der Waals surface area contributed by atoms with Crippen LogP contribution in [-0.4, -0.2) is 60.8 Å². The van der Waals surface area contributed by atoms with Crippen molar-refractivity contribution < 1.29 is 18.0 Å². The van der Waals surface area contributed by atoms with E-state index >= 15 is 0 Å². The zero-order chi connectivity index (χ0) is 23.2. The maximum atomic E-state index is 13.1. The first-order valence-electron chi connectivity index (χ1n) is 9.03. The van der Waals surface area contributed by atoms with E-state index in [4.69, 9.17) is 5.73 Å². The number of hydrogen-bond acceptors (Lipinski definition) is 8. The number of rotatable bonds is 8. The van der Waals surface area contributed by atoms with Crippen molar-refractivity contribution in [3.8, 4) is 6.07 Å². The van der Waals surface area contributed by atoms with Crippen LogP contribution in [0.4, 0.5) is 30.6 Å². The number of nitrogens with one attached hydrogen (secondary N) is 1. The van der Waals surface area contributed by atoms with Crippen LogP contribution >= 0.6 is 11.8 Å². The summed E-state index contributed by atoms with van der Waals surface area (Å²) in [7, 11) is 3.63. The number of anilines is 3. The van der Waals surface area contributed by atoms with E-state index in [1.54, 1.807) is 6.26 Å². The quantitative estimate of drug-likeness (QED) is 0.464. The summed E-state index contributed by atoms with van der Waals surface area (Å²) >= 11 is 1.17. The summed E-state index contributed by atoms with van der Waals surface area (Å²) < 4.78 is 39.4. The molecule has 0 unspecified atom stereocenters. The van der Waals surface area contributed by atoms with Crippen molar-refractivity contribution in [2.24, 2.45) is 0 Å². The Hall–Kier alpha value is -3.04. The monoisotopic (exact) mass is 453 g/mol. The van der Waals surface area contributed by atoms with Gasteiger partial charge in [-0.3, -0.25) is 4.79 Å². The number of amides is 1. The molecule has 0 radical (unpaired) electrons. The highest BCUT2D eigenvalue weighted by Gasteiger charge is 2.31. The lowest BCUT2D eigenvalue weighted by atomic mass is 10.1. The van der Waals surface area contributed by atoms with E-state index in [0.29, 0.717) is 18.1 Å². The van der Waals surface area contributed by atoms with Gasteiger partial charge in [-0.1, -0.05) is 6.07 Å². The fourth-order valence-corrected chi connectivity index (χ4v) is 3.17. The minimum Gasteiger partial charge on any atom is -0.368 e. The molecule has 1 aromatic carbocycles. The summed E-state index contributed by atoms with van der Waals surface area (Å²) in [6.45, 7) is 0.553. The van der Waals surface area contributed by atoms with Crippen molar-refractivity contribution in [2.45, 2.75) is 11.2 Å². The van der Waals surface area contributed by atoms with Crippen molar-refractivity contribution in [1.29, 1.82) is 5.26 Å². The third kappa shape index (κ3) is 6.73. The number of benzene rings is 1. The molecule has 1 aromatic heterocycles. The minimum atomic E-state index is -4.50. The molecular weight excluding hydrogens is 431 g/mol. The van der Waals surface area contributed by atoms with Gasteiger partial charge in [0, 0.05) is 18.8 Å². The first kappa shape index (κ1) is 24.2. The van der Waals surface area contributed by atoms with Crippen molar-refractivity contribution >= 4 is 35.1 Å². The summed E-state index contributed by atoms with van der Waals surface area (Å²) in [4.78, 5) is 23.9. The number of alkyl halides is 3. The van der Waals surface area contributed by atoms with E-state index in [2.05, 4.69) is 15.3 Å². The predicted molar refractivity (Wildman–Crippen MR) is 114 cm³/mol. The van der Waals surface area contributed by atoms with E-state index in [9.17, 15) is 23.2 Å². The first-order valence-corrected chi connectivity index (χ1v) is 10.3. The number of halogens is 3. The van der Waals surface area contributed by atoms with Gasteiger partial charge in [-0.2, -0.15) is 23.4 Å². The molecule has 8 nitrogen and oxygen atoms in total. The molecular formula is C19H22F3N7OS. The average molecular weight is 453 g/mol. The first-order chi connectivity index (χ1) is 14.5. The molecule has 0 atom stereocenters. The van der Waals surface area contributed by atoms with E-state index in [1.807, 2.05) is 25.1 Å². The van der Waals surface area contributed by atoms with Crippen LogP contribution in [0.25, 0.3) is 0 Å². The number of nitrogens with zero attached hydrogens (tertiary/aromatic N) is 5. The van der Waals surface area contributed by atoms with Crippen molar-refractivity contribution in [1.82, 2.24) is 14.9 Å². The van der Waals surface area contributed by atoms with Gasteiger partial charge in [0.25, 0.3) is 0 Å². The van der Waals surface area contributed by atoms with Crippen LogP contribution in [0.5, 0.6) is 0 Å². The number of nitrogens with two attached hydrogens (primary N) is 1. The van der Waals surface area contributed by atoms with Gasteiger partial charge in [0.2, 0.25) is 11.9 Å². The smallest absolute Gasteiger partial charge is 0.368 e. The molecule has 2 rings (SSSR count). The Morgan fingerprint density at radius 3 is 2.58 bits per heavy atom. The van der Waals surface area contributed by atoms with Crippen molar-refractivity contribution in [3.63, 3.8) is 0 Å². The molecule has 166 valence electrons. The number of thioether (sulfide) groups is 1. The number of aromatic nitrogens is 2.